The van der Waals surface area contributed by atoms with Gasteiger partial charge in [0.25, 0.3) is 0 Å². The van der Waals surface area contributed by atoms with E-state index in [1.807, 2.05) is 6.92 Å². The fourth-order valence-electron chi connectivity index (χ4n) is 1.23. The summed E-state index contributed by atoms with van der Waals surface area (Å²) in [7, 11) is 0. The van der Waals surface area contributed by atoms with Crippen LogP contribution in [0.1, 0.15) is 32.6 Å². The Labute approximate surface area is 90.7 Å². The van der Waals surface area contributed by atoms with E-state index in [1.54, 1.807) is 0 Å². The highest BCUT2D eigenvalue weighted by atomic mass is 16.4. The van der Waals surface area contributed by atoms with Crippen LogP contribution in [0, 0.1) is 0 Å². The lowest BCUT2D eigenvalue weighted by Crippen LogP contribution is -2.40. The van der Waals surface area contributed by atoms with Crippen LogP contribution in [0.5, 0.6) is 0 Å². The molecule has 0 saturated heterocycles. The monoisotopic (exact) mass is 218 g/mol. The fraction of sp³-hybridized carbons (Fsp3) is 0.900. The topological polar surface area (TPSA) is 95.6 Å². The van der Waals surface area contributed by atoms with Gasteiger partial charge in [-0.1, -0.05) is 13.3 Å². The average molecular weight is 218 g/mol. The van der Waals surface area contributed by atoms with Gasteiger partial charge in [0.05, 0.1) is 6.10 Å². The van der Waals surface area contributed by atoms with Crippen LogP contribution in [-0.4, -0.2) is 41.4 Å². The molecule has 0 bridgehead atoms. The van der Waals surface area contributed by atoms with Gasteiger partial charge in [-0.05, 0) is 25.8 Å². The number of carboxylic acid groups (broad SMARTS) is 1. The molecule has 1 unspecified atom stereocenters. The molecule has 0 radical (unpaired) electrons. The lowest BCUT2D eigenvalue weighted by Gasteiger charge is -2.16. The van der Waals surface area contributed by atoms with Crippen molar-refractivity contribution >= 4 is 5.97 Å². The summed E-state index contributed by atoms with van der Waals surface area (Å²) in [5, 5.41) is 21.0. The van der Waals surface area contributed by atoms with Gasteiger partial charge in [0.1, 0.15) is 6.04 Å². The normalized spacial score (nSPS) is 14.9. The molecule has 0 saturated carbocycles. The molecule has 0 aliphatic carbocycles. The standard InChI is InChI=1S/C10H22N2O3/c1-2-8(13)7-12-9(10(14)15)5-3-4-6-11/h8-9,12-13H,2-7,11H2,1H3,(H,14,15)/t8?,9-/m0/s1. The number of nitrogens with one attached hydrogen (secondary N) is 1. The van der Waals surface area contributed by atoms with Gasteiger partial charge in [-0.25, -0.2) is 0 Å². The molecule has 0 aliphatic heterocycles. The van der Waals surface area contributed by atoms with E-state index in [0.29, 0.717) is 25.9 Å². The van der Waals surface area contributed by atoms with Crippen molar-refractivity contribution in [2.75, 3.05) is 13.1 Å². The SMILES string of the molecule is CCC(O)CN[C@@H](CCCCN)C(=O)O. The zero-order valence-electron chi connectivity index (χ0n) is 9.28. The largest absolute Gasteiger partial charge is 0.480 e. The molecule has 0 amide bonds. The Balaban J connectivity index is 3.78. The summed E-state index contributed by atoms with van der Waals surface area (Å²) in [4.78, 5) is 10.8. The van der Waals surface area contributed by atoms with E-state index in [2.05, 4.69) is 5.32 Å². The van der Waals surface area contributed by atoms with Crippen LogP contribution >= 0.6 is 0 Å². The Kier molecular flexibility index (Phi) is 8.27. The molecule has 0 heterocycles. The van der Waals surface area contributed by atoms with Crippen LogP contribution in [0.15, 0.2) is 0 Å². The maximum atomic E-state index is 10.8. The Morgan fingerprint density at radius 1 is 1.47 bits per heavy atom. The maximum Gasteiger partial charge on any atom is 0.320 e. The predicted molar refractivity (Wildman–Crippen MR) is 58.6 cm³/mol. The lowest BCUT2D eigenvalue weighted by atomic mass is 10.1. The van der Waals surface area contributed by atoms with Crippen molar-refractivity contribution in [1.82, 2.24) is 5.32 Å². The molecule has 15 heavy (non-hydrogen) atoms. The molecule has 0 fully saturated rings. The van der Waals surface area contributed by atoms with E-state index in [4.69, 9.17) is 10.8 Å². The van der Waals surface area contributed by atoms with E-state index in [9.17, 15) is 9.90 Å². The van der Waals surface area contributed by atoms with Crippen LogP contribution in [0.3, 0.4) is 0 Å². The van der Waals surface area contributed by atoms with E-state index in [0.717, 1.165) is 12.8 Å². The summed E-state index contributed by atoms with van der Waals surface area (Å²) in [6.07, 6.45) is 2.34. The molecule has 0 aliphatic rings. The summed E-state index contributed by atoms with van der Waals surface area (Å²) in [5.41, 5.74) is 5.33. The number of hydrogen-bond donors (Lipinski definition) is 4. The van der Waals surface area contributed by atoms with Crippen molar-refractivity contribution in [2.45, 2.75) is 44.8 Å². The van der Waals surface area contributed by atoms with Gasteiger partial charge >= 0.3 is 5.97 Å². The van der Waals surface area contributed by atoms with Gasteiger partial charge in [0.2, 0.25) is 0 Å². The first-order chi connectivity index (χ1) is 7.11. The van der Waals surface area contributed by atoms with Crippen molar-refractivity contribution < 1.29 is 15.0 Å². The maximum absolute atomic E-state index is 10.8. The molecule has 2 atom stereocenters. The molecule has 0 rings (SSSR count). The van der Waals surface area contributed by atoms with Crippen molar-refractivity contribution in [3.63, 3.8) is 0 Å². The van der Waals surface area contributed by atoms with Crippen LogP contribution in [0.4, 0.5) is 0 Å². The third-order valence-electron chi connectivity index (χ3n) is 2.32. The first-order valence-electron chi connectivity index (χ1n) is 5.46. The smallest absolute Gasteiger partial charge is 0.320 e. The van der Waals surface area contributed by atoms with Gasteiger partial charge in [-0.3, -0.25) is 4.79 Å². The number of rotatable bonds is 9. The molecule has 5 nitrogen and oxygen atoms in total. The third-order valence-corrected chi connectivity index (χ3v) is 2.32. The quantitative estimate of drug-likeness (QED) is 0.406. The molecule has 5 N–H and O–H groups in total. The first kappa shape index (κ1) is 14.3. The first-order valence-corrected chi connectivity index (χ1v) is 5.46. The summed E-state index contributed by atoms with van der Waals surface area (Å²) >= 11 is 0. The van der Waals surface area contributed by atoms with E-state index < -0.39 is 18.1 Å². The minimum atomic E-state index is -0.865. The minimum Gasteiger partial charge on any atom is -0.480 e. The molecular weight excluding hydrogens is 196 g/mol. The second kappa shape index (κ2) is 8.64. The van der Waals surface area contributed by atoms with E-state index in [1.165, 1.54) is 0 Å². The van der Waals surface area contributed by atoms with Gasteiger partial charge in [0.15, 0.2) is 0 Å². The second-order valence-electron chi connectivity index (χ2n) is 3.65. The van der Waals surface area contributed by atoms with Gasteiger partial charge < -0.3 is 21.3 Å². The lowest BCUT2D eigenvalue weighted by molar-refractivity contribution is -0.139. The Hall–Kier alpha value is -0.650. The molecule has 0 aromatic carbocycles. The van der Waals surface area contributed by atoms with Crippen molar-refractivity contribution in [2.24, 2.45) is 5.73 Å². The number of unbranched alkanes of at least 4 members (excludes halogenated alkanes) is 1. The number of hydrogen-bond acceptors (Lipinski definition) is 4. The molecule has 0 aromatic rings. The Morgan fingerprint density at radius 2 is 2.13 bits per heavy atom. The van der Waals surface area contributed by atoms with E-state index in [-0.39, 0.29) is 0 Å². The van der Waals surface area contributed by atoms with E-state index >= 15 is 0 Å². The summed E-state index contributed by atoms with van der Waals surface area (Å²) in [5.74, 6) is -0.865. The molecule has 0 aromatic heterocycles. The predicted octanol–water partition coefficient (Wildman–Crippen LogP) is -0.0709. The summed E-state index contributed by atoms with van der Waals surface area (Å²) < 4.78 is 0. The molecule has 90 valence electrons. The Morgan fingerprint density at radius 3 is 2.60 bits per heavy atom. The fourth-order valence-corrected chi connectivity index (χ4v) is 1.23. The number of aliphatic hydroxyl groups excluding tert-OH is 1. The van der Waals surface area contributed by atoms with Gasteiger partial charge in [0, 0.05) is 6.54 Å². The number of aliphatic carboxylic acids is 1. The minimum absolute atomic E-state index is 0.329. The molecular formula is C10H22N2O3. The van der Waals surface area contributed by atoms with Crippen LogP contribution < -0.4 is 11.1 Å². The molecule has 5 heteroatoms. The van der Waals surface area contributed by atoms with Crippen LogP contribution in [-0.2, 0) is 4.79 Å². The highest BCUT2D eigenvalue weighted by Crippen LogP contribution is 2.01. The van der Waals surface area contributed by atoms with Crippen LogP contribution in [0.25, 0.3) is 0 Å². The molecule has 0 spiro atoms. The van der Waals surface area contributed by atoms with Gasteiger partial charge in [-0.2, -0.15) is 0 Å². The zero-order valence-corrected chi connectivity index (χ0v) is 9.28. The number of nitrogens with two attached hydrogens (primary N) is 1. The van der Waals surface area contributed by atoms with Gasteiger partial charge in [-0.15, -0.1) is 0 Å². The highest BCUT2D eigenvalue weighted by Gasteiger charge is 2.16. The zero-order chi connectivity index (χ0) is 11.7. The van der Waals surface area contributed by atoms with Crippen LogP contribution in [0.2, 0.25) is 0 Å². The number of carbonyl (C=O) groups is 1. The average Bonchev–Trinajstić information content (AvgIpc) is 2.22. The third kappa shape index (κ3) is 7.30. The van der Waals surface area contributed by atoms with Crippen molar-refractivity contribution in [1.29, 1.82) is 0 Å². The van der Waals surface area contributed by atoms with Crippen molar-refractivity contribution in [3.8, 4) is 0 Å². The summed E-state index contributed by atoms with van der Waals surface area (Å²) in [6.45, 7) is 2.77. The Bertz CT molecular complexity index is 176. The number of carboxylic acids is 1. The highest BCUT2D eigenvalue weighted by molar-refractivity contribution is 5.73. The number of aliphatic hydroxyl groups is 1. The second-order valence-corrected chi connectivity index (χ2v) is 3.65. The van der Waals surface area contributed by atoms with Crippen molar-refractivity contribution in [3.05, 3.63) is 0 Å². The summed E-state index contributed by atoms with van der Waals surface area (Å²) in [6, 6.07) is -0.572.